The second kappa shape index (κ2) is 5.27. The molecule has 0 atom stereocenters. The number of carbonyl (C=O) groups excluding carboxylic acids is 1. The van der Waals surface area contributed by atoms with Crippen molar-refractivity contribution in [3.63, 3.8) is 0 Å². The number of rotatable bonds is 2. The van der Waals surface area contributed by atoms with Gasteiger partial charge in [-0.05, 0) is 19.1 Å². The van der Waals surface area contributed by atoms with Gasteiger partial charge < -0.3 is 19.5 Å². The normalized spacial score (nSPS) is 15.6. The largest absolute Gasteiger partial charge is 0.507 e. The van der Waals surface area contributed by atoms with Crippen molar-refractivity contribution in [1.29, 1.82) is 0 Å². The number of esters is 1. The molecule has 5 heteroatoms. The molecule has 2 rings (SSSR count). The van der Waals surface area contributed by atoms with Gasteiger partial charge in [0, 0.05) is 24.3 Å². The fourth-order valence-corrected chi connectivity index (χ4v) is 2.11. The quantitative estimate of drug-likeness (QED) is 0.803. The molecule has 0 aliphatic carbocycles. The highest BCUT2D eigenvalue weighted by Crippen LogP contribution is 2.32. The van der Waals surface area contributed by atoms with Crippen LogP contribution in [-0.2, 0) is 9.47 Å². The van der Waals surface area contributed by atoms with Gasteiger partial charge in [0.2, 0.25) is 0 Å². The molecule has 1 saturated heterocycles. The van der Waals surface area contributed by atoms with Gasteiger partial charge in [0.25, 0.3) is 0 Å². The van der Waals surface area contributed by atoms with Crippen LogP contribution in [0.5, 0.6) is 5.75 Å². The standard InChI is InChI=1S/C13H17NO4/c1-9-11(14-5-7-18-8-6-14)4-3-10(12(9)15)13(16)17-2/h3-4,15H,5-8H2,1-2H3. The Bertz CT molecular complexity index is 453. The lowest BCUT2D eigenvalue weighted by Crippen LogP contribution is -2.36. The molecule has 0 radical (unpaired) electrons. The topological polar surface area (TPSA) is 59.0 Å². The van der Waals surface area contributed by atoms with Crippen LogP contribution < -0.4 is 4.90 Å². The van der Waals surface area contributed by atoms with Crippen molar-refractivity contribution in [1.82, 2.24) is 0 Å². The number of benzene rings is 1. The van der Waals surface area contributed by atoms with Crippen LogP contribution in [0.2, 0.25) is 0 Å². The molecule has 1 aliphatic rings. The maximum atomic E-state index is 11.5. The lowest BCUT2D eigenvalue weighted by Gasteiger charge is -2.30. The monoisotopic (exact) mass is 251 g/mol. The number of methoxy groups -OCH3 is 1. The van der Waals surface area contributed by atoms with Crippen molar-refractivity contribution < 1.29 is 19.4 Å². The van der Waals surface area contributed by atoms with Gasteiger partial charge in [-0.1, -0.05) is 0 Å². The van der Waals surface area contributed by atoms with E-state index in [-0.39, 0.29) is 11.3 Å². The van der Waals surface area contributed by atoms with Gasteiger partial charge in [-0.2, -0.15) is 0 Å². The number of ether oxygens (including phenoxy) is 2. The molecule has 0 bridgehead atoms. The van der Waals surface area contributed by atoms with Crippen molar-refractivity contribution in [3.8, 4) is 5.75 Å². The molecule has 98 valence electrons. The number of hydrogen-bond donors (Lipinski definition) is 1. The van der Waals surface area contributed by atoms with E-state index >= 15 is 0 Å². The zero-order valence-electron chi connectivity index (χ0n) is 10.6. The fourth-order valence-electron chi connectivity index (χ4n) is 2.11. The minimum Gasteiger partial charge on any atom is -0.507 e. The molecule has 0 spiro atoms. The van der Waals surface area contributed by atoms with Crippen LogP contribution in [0.15, 0.2) is 12.1 Å². The second-order valence-electron chi connectivity index (χ2n) is 4.20. The molecule has 18 heavy (non-hydrogen) atoms. The molecule has 5 nitrogen and oxygen atoms in total. The summed E-state index contributed by atoms with van der Waals surface area (Å²) in [6.45, 7) is 4.74. The first-order chi connectivity index (χ1) is 8.65. The molecule has 0 amide bonds. The van der Waals surface area contributed by atoms with Gasteiger partial charge in [0.1, 0.15) is 11.3 Å². The Morgan fingerprint density at radius 3 is 2.67 bits per heavy atom. The van der Waals surface area contributed by atoms with E-state index in [1.165, 1.54) is 7.11 Å². The van der Waals surface area contributed by atoms with E-state index < -0.39 is 5.97 Å². The zero-order valence-corrected chi connectivity index (χ0v) is 10.6. The molecule has 0 aromatic heterocycles. The van der Waals surface area contributed by atoms with Gasteiger partial charge >= 0.3 is 5.97 Å². The van der Waals surface area contributed by atoms with Crippen molar-refractivity contribution >= 4 is 11.7 Å². The Labute approximate surface area is 106 Å². The molecule has 1 aliphatic heterocycles. The summed E-state index contributed by atoms with van der Waals surface area (Å²) in [5.41, 5.74) is 1.83. The first kappa shape index (κ1) is 12.7. The molecule has 1 fully saturated rings. The first-order valence-electron chi connectivity index (χ1n) is 5.88. The van der Waals surface area contributed by atoms with Gasteiger partial charge in [0.15, 0.2) is 0 Å². The molecule has 1 aromatic carbocycles. The average molecular weight is 251 g/mol. The van der Waals surface area contributed by atoms with Crippen LogP contribution in [-0.4, -0.2) is 44.5 Å². The van der Waals surface area contributed by atoms with E-state index in [1.807, 2.05) is 6.07 Å². The SMILES string of the molecule is COC(=O)c1ccc(N2CCOCC2)c(C)c1O. The molecule has 1 aromatic rings. The smallest absolute Gasteiger partial charge is 0.341 e. The van der Waals surface area contributed by atoms with Crippen molar-refractivity contribution in [2.75, 3.05) is 38.3 Å². The molecule has 0 unspecified atom stereocenters. The van der Waals surface area contributed by atoms with Gasteiger partial charge in [-0.3, -0.25) is 0 Å². The number of carbonyl (C=O) groups is 1. The van der Waals surface area contributed by atoms with E-state index in [9.17, 15) is 9.90 Å². The van der Waals surface area contributed by atoms with Gasteiger partial charge in [0.05, 0.1) is 20.3 Å². The summed E-state index contributed by atoms with van der Waals surface area (Å²) in [4.78, 5) is 13.6. The number of anilines is 1. The molecule has 1 N–H and O–H groups in total. The van der Waals surface area contributed by atoms with E-state index in [4.69, 9.17) is 4.74 Å². The van der Waals surface area contributed by atoms with Crippen molar-refractivity contribution in [3.05, 3.63) is 23.3 Å². The minimum atomic E-state index is -0.524. The predicted octanol–water partition coefficient (Wildman–Crippen LogP) is 1.32. The Balaban J connectivity index is 2.33. The van der Waals surface area contributed by atoms with E-state index in [2.05, 4.69) is 9.64 Å². The van der Waals surface area contributed by atoms with Crippen LogP contribution in [0.4, 0.5) is 5.69 Å². The second-order valence-corrected chi connectivity index (χ2v) is 4.20. The molecule has 1 heterocycles. The molecule has 0 saturated carbocycles. The van der Waals surface area contributed by atoms with Crippen molar-refractivity contribution in [2.24, 2.45) is 0 Å². The third kappa shape index (κ3) is 2.26. The van der Waals surface area contributed by atoms with Gasteiger partial charge in [-0.15, -0.1) is 0 Å². The summed E-state index contributed by atoms with van der Waals surface area (Å²) in [5.74, 6) is -0.532. The maximum absolute atomic E-state index is 11.5. The first-order valence-corrected chi connectivity index (χ1v) is 5.88. The highest BCUT2D eigenvalue weighted by atomic mass is 16.5. The third-order valence-corrected chi connectivity index (χ3v) is 3.16. The molecular weight excluding hydrogens is 234 g/mol. The number of phenolic OH excluding ortho intramolecular Hbond substituents is 1. The van der Waals surface area contributed by atoms with Crippen LogP contribution in [0.3, 0.4) is 0 Å². The van der Waals surface area contributed by atoms with Crippen LogP contribution in [0.25, 0.3) is 0 Å². The number of hydrogen-bond acceptors (Lipinski definition) is 5. The Hall–Kier alpha value is -1.75. The number of nitrogens with zero attached hydrogens (tertiary/aromatic N) is 1. The summed E-state index contributed by atoms with van der Waals surface area (Å²) in [5, 5.41) is 10.1. The summed E-state index contributed by atoms with van der Waals surface area (Å²) in [6.07, 6.45) is 0. The molecular formula is C13H17NO4. The fraction of sp³-hybridized carbons (Fsp3) is 0.462. The highest BCUT2D eigenvalue weighted by molar-refractivity contribution is 5.93. The summed E-state index contributed by atoms with van der Waals surface area (Å²) >= 11 is 0. The Morgan fingerprint density at radius 2 is 2.06 bits per heavy atom. The maximum Gasteiger partial charge on any atom is 0.341 e. The Kier molecular flexibility index (Phi) is 3.72. The highest BCUT2D eigenvalue weighted by Gasteiger charge is 2.19. The van der Waals surface area contributed by atoms with Crippen molar-refractivity contribution in [2.45, 2.75) is 6.92 Å². The number of phenols is 1. The average Bonchev–Trinajstić information content (AvgIpc) is 2.42. The minimum absolute atomic E-state index is 0.00848. The summed E-state index contributed by atoms with van der Waals surface area (Å²) in [7, 11) is 1.30. The lowest BCUT2D eigenvalue weighted by molar-refractivity contribution is 0.0597. The van der Waals surface area contributed by atoms with Gasteiger partial charge in [-0.25, -0.2) is 4.79 Å². The predicted molar refractivity (Wildman–Crippen MR) is 67.2 cm³/mol. The van der Waals surface area contributed by atoms with Crippen LogP contribution in [0, 0.1) is 6.92 Å². The van der Waals surface area contributed by atoms with E-state index in [1.54, 1.807) is 13.0 Å². The number of aromatic hydroxyl groups is 1. The van der Waals surface area contributed by atoms with Crippen LogP contribution >= 0.6 is 0 Å². The lowest BCUT2D eigenvalue weighted by atomic mass is 10.1. The van der Waals surface area contributed by atoms with E-state index in [0.29, 0.717) is 18.8 Å². The van der Waals surface area contributed by atoms with E-state index in [0.717, 1.165) is 18.8 Å². The third-order valence-electron chi connectivity index (χ3n) is 3.16. The van der Waals surface area contributed by atoms with Crippen LogP contribution in [0.1, 0.15) is 15.9 Å². The summed E-state index contributed by atoms with van der Waals surface area (Å²) in [6, 6.07) is 3.44. The number of morpholine rings is 1. The Morgan fingerprint density at radius 1 is 1.39 bits per heavy atom. The zero-order chi connectivity index (χ0) is 13.1. The summed E-state index contributed by atoms with van der Waals surface area (Å²) < 4.78 is 9.92.